The summed E-state index contributed by atoms with van der Waals surface area (Å²) in [5.74, 6) is 0.220. The predicted molar refractivity (Wildman–Crippen MR) is 96.2 cm³/mol. The lowest BCUT2D eigenvalue weighted by Gasteiger charge is -2.24. The Hall–Kier alpha value is -2.78. The van der Waals surface area contributed by atoms with Crippen LogP contribution in [0.5, 0.6) is 0 Å². The van der Waals surface area contributed by atoms with Crippen molar-refractivity contribution < 1.29 is 24.9 Å². The van der Waals surface area contributed by atoms with Gasteiger partial charge in [0.15, 0.2) is 5.82 Å². The quantitative estimate of drug-likeness (QED) is 0.529. The van der Waals surface area contributed by atoms with Crippen molar-refractivity contribution in [1.29, 1.82) is 5.26 Å². The summed E-state index contributed by atoms with van der Waals surface area (Å²) in [6, 6.07) is 4.62. The lowest BCUT2D eigenvalue weighted by Crippen LogP contribution is -2.41. The van der Waals surface area contributed by atoms with Crippen LogP contribution in [0.4, 0.5) is 10.6 Å². The molecule has 1 fully saturated rings. The largest absolute Gasteiger partial charge is 0.394 e. The highest BCUT2D eigenvalue weighted by Gasteiger charge is 2.57. The maximum atomic E-state index is 12.3. The van der Waals surface area contributed by atoms with Crippen molar-refractivity contribution in [3.63, 3.8) is 0 Å². The van der Waals surface area contributed by atoms with E-state index in [0.29, 0.717) is 18.6 Å². The fourth-order valence-corrected chi connectivity index (χ4v) is 3.33. The normalized spacial score (nSPS) is 26.9. The number of amides is 2. The minimum Gasteiger partial charge on any atom is -0.394 e. The predicted octanol–water partition coefficient (Wildman–Crippen LogP) is -0.565. The Kier molecular flexibility index (Phi) is 5.48. The van der Waals surface area contributed by atoms with E-state index in [2.05, 4.69) is 15.4 Å². The van der Waals surface area contributed by atoms with E-state index in [-0.39, 0.29) is 17.5 Å². The topological polar surface area (TPSA) is 156 Å². The first-order valence-electron chi connectivity index (χ1n) is 8.88. The molecular formula is C17H22N6O5. The molecular weight excluding hydrogens is 368 g/mol. The molecule has 0 bridgehead atoms. The SMILES string of the molecule is CCN(CC)C(=O)Nc1ncnn2c([C@]3(C#N)O[C@H](CO)[C@@H](O)[C@H]3O)ccc12. The Balaban J connectivity index is 2.04. The number of ether oxygens (including phenoxy) is 1. The summed E-state index contributed by atoms with van der Waals surface area (Å²) in [5.41, 5.74) is -1.41. The van der Waals surface area contributed by atoms with Crippen molar-refractivity contribution in [2.45, 2.75) is 37.8 Å². The Bertz CT molecular complexity index is 907. The number of anilines is 1. The number of nitriles is 1. The summed E-state index contributed by atoms with van der Waals surface area (Å²) in [7, 11) is 0. The molecule has 0 unspecified atom stereocenters. The summed E-state index contributed by atoms with van der Waals surface area (Å²) < 4.78 is 6.84. The number of aliphatic hydroxyl groups excluding tert-OH is 3. The van der Waals surface area contributed by atoms with Gasteiger partial charge in [-0.05, 0) is 26.0 Å². The lowest BCUT2D eigenvalue weighted by molar-refractivity contribution is -0.0643. The van der Waals surface area contributed by atoms with E-state index < -0.39 is 30.5 Å². The van der Waals surface area contributed by atoms with Crippen LogP contribution in [-0.2, 0) is 10.3 Å². The van der Waals surface area contributed by atoms with Crippen LogP contribution < -0.4 is 5.32 Å². The van der Waals surface area contributed by atoms with Gasteiger partial charge in [0.2, 0.25) is 5.60 Å². The second kappa shape index (κ2) is 7.69. The van der Waals surface area contributed by atoms with E-state index in [4.69, 9.17) is 4.74 Å². The lowest BCUT2D eigenvalue weighted by atomic mass is 9.92. The third-order valence-electron chi connectivity index (χ3n) is 4.91. The summed E-state index contributed by atoms with van der Waals surface area (Å²) in [6.45, 7) is 4.19. The summed E-state index contributed by atoms with van der Waals surface area (Å²) in [5, 5.41) is 46.4. The van der Waals surface area contributed by atoms with Crippen LogP contribution in [0, 0.1) is 11.3 Å². The monoisotopic (exact) mass is 390 g/mol. The van der Waals surface area contributed by atoms with Crippen LogP contribution in [0.2, 0.25) is 0 Å². The maximum absolute atomic E-state index is 12.3. The second-order valence-electron chi connectivity index (χ2n) is 6.35. The molecule has 11 heteroatoms. The number of hydrogen-bond acceptors (Lipinski definition) is 8. The van der Waals surface area contributed by atoms with Crippen LogP contribution in [0.3, 0.4) is 0 Å². The van der Waals surface area contributed by atoms with Crippen LogP contribution in [0.1, 0.15) is 19.5 Å². The van der Waals surface area contributed by atoms with Crippen molar-refractivity contribution in [3.8, 4) is 6.07 Å². The minimum absolute atomic E-state index is 0.147. The van der Waals surface area contributed by atoms with Crippen molar-refractivity contribution >= 4 is 17.4 Å². The third kappa shape index (κ3) is 2.96. The van der Waals surface area contributed by atoms with E-state index >= 15 is 0 Å². The van der Waals surface area contributed by atoms with Gasteiger partial charge in [-0.3, -0.25) is 5.32 Å². The van der Waals surface area contributed by atoms with Crippen molar-refractivity contribution in [2.24, 2.45) is 0 Å². The molecule has 3 heterocycles. The first-order valence-corrected chi connectivity index (χ1v) is 8.88. The van der Waals surface area contributed by atoms with E-state index in [1.807, 2.05) is 19.9 Å². The van der Waals surface area contributed by atoms with E-state index in [0.717, 1.165) is 0 Å². The highest BCUT2D eigenvalue weighted by molar-refractivity contribution is 5.92. The number of nitrogens with one attached hydrogen (secondary N) is 1. The highest BCUT2D eigenvalue weighted by atomic mass is 16.6. The molecule has 0 aromatic carbocycles. The number of aromatic nitrogens is 3. The van der Waals surface area contributed by atoms with Crippen LogP contribution in [0.15, 0.2) is 18.5 Å². The van der Waals surface area contributed by atoms with Gasteiger partial charge in [-0.15, -0.1) is 0 Å². The Morgan fingerprint density at radius 3 is 2.71 bits per heavy atom. The number of hydrogen-bond donors (Lipinski definition) is 4. The van der Waals surface area contributed by atoms with Crippen LogP contribution in [-0.4, -0.2) is 78.9 Å². The van der Waals surface area contributed by atoms with Crippen LogP contribution >= 0.6 is 0 Å². The molecule has 2 aromatic heterocycles. The molecule has 0 radical (unpaired) electrons. The van der Waals surface area contributed by atoms with Gasteiger partial charge in [-0.1, -0.05) is 0 Å². The molecule has 1 aliphatic heterocycles. The fraction of sp³-hybridized carbons (Fsp3) is 0.529. The number of rotatable bonds is 5. The Labute approximate surface area is 160 Å². The molecule has 150 valence electrons. The molecule has 2 amide bonds. The van der Waals surface area contributed by atoms with Gasteiger partial charge in [0, 0.05) is 13.1 Å². The molecule has 4 atom stereocenters. The zero-order valence-corrected chi connectivity index (χ0v) is 15.5. The molecule has 0 saturated carbocycles. The van der Waals surface area contributed by atoms with Crippen LogP contribution in [0.25, 0.3) is 5.52 Å². The van der Waals surface area contributed by atoms with E-state index in [9.17, 15) is 25.4 Å². The van der Waals surface area contributed by atoms with Gasteiger partial charge >= 0.3 is 6.03 Å². The molecule has 1 saturated heterocycles. The summed E-state index contributed by atoms with van der Waals surface area (Å²) in [6.07, 6.45) is -2.97. The zero-order chi connectivity index (χ0) is 20.5. The van der Waals surface area contributed by atoms with Gasteiger partial charge in [0.05, 0.1) is 12.3 Å². The molecule has 0 aliphatic carbocycles. The first-order chi connectivity index (χ1) is 13.4. The second-order valence-corrected chi connectivity index (χ2v) is 6.35. The average molecular weight is 390 g/mol. The van der Waals surface area contributed by atoms with Gasteiger partial charge in [-0.25, -0.2) is 14.3 Å². The Morgan fingerprint density at radius 1 is 1.43 bits per heavy atom. The van der Waals surface area contributed by atoms with Gasteiger partial charge < -0.3 is 25.0 Å². The zero-order valence-electron chi connectivity index (χ0n) is 15.5. The minimum atomic E-state index is -1.94. The molecule has 28 heavy (non-hydrogen) atoms. The summed E-state index contributed by atoms with van der Waals surface area (Å²) >= 11 is 0. The van der Waals surface area contributed by atoms with E-state index in [1.165, 1.54) is 16.9 Å². The average Bonchev–Trinajstić information content (AvgIpc) is 3.24. The third-order valence-corrected chi connectivity index (χ3v) is 4.91. The Morgan fingerprint density at radius 2 is 2.14 bits per heavy atom. The summed E-state index contributed by atoms with van der Waals surface area (Å²) in [4.78, 5) is 18.0. The number of fused-ring (bicyclic) bond motifs is 1. The number of carbonyl (C=O) groups is 1. The molecule has 2 aromatic rings. The van der Waals surface area contributed by atoms with Crippen molar-refractivity contribution in [1.82, 2.24) is 19.5 Å². The molecule has 1 aliphatic rings. The van der Waals surface area contributed by atoms with Gasteiger partial charge in [0.1, 0.15) is 36.2 Å². The highest BCUT2D eigenvalue weighted by Crippen LogP contribution is 2.40. The maximum Gasteiger partial charge on any atom is 0.323 e. The van der Waals surface area contributed by atoms with Crippen molar-refractivity contribution in [3.05, 3.63) is 24.2 Å². The molecule has 11 nitrogen and oxygen atoms in total. The molecule has 0 spiro atoms. The molecule has 3 rings (SSSR count). The number of aliphatic hydroxyl groups is 3. The smallest absolute Gasteiger partial charge is 0.323 e. The van der Waals surface area contributed by atoms with Crippen molar-refractivity contribution in [2.75, 3.05) is 25.0 Å². The van der Waals surface area contributed by atoms with Gasteiger partial charge in [-0.2, -0.15) is 10.4 Å². The number of carbonyl (C=O) groups excluding carboxylic acids is 1. The molecule has 4 N–H and O–H groups in total. The fourth-order valence-electron chi connectivity index (χ4n) is 3.33. The van der Waals surface area contributed by atoms with Gasteiger partial charge in [0.25, 0.3) is 0 Å². The number of nitrogens with zero attached hydrogens (tertiary/aromatic N) is 5. The standard InChI is InChI=1S/C17H22N6O5/c1-3-22(4-2)16(27)21-15-10-5-6-12(23(10)20-9-19-15)17(8-18)14(26)13(25)11(7-24)28-17/h5-6,9,11,13-14,24-26H,3-4,7H2,1-2H3,(H,19,20,21,27)/t11-,13-,14-,17+/m1/s1. The first kappa shape index (κ1) is 20.0. The number of urea groups is 1. The van der Waals surface area contributed by atoms with E-state index in [1.54, 1.807) is 11.0 Å².